The first-order chi connectivity index (χ1) is 14.3. The number of aliphatic carboxylic acids is 1. The summed E-state index contributed by atoms with van der Waals surface area (Å²) in [7, 11) is 0. The van der Waals surface area contributed by atoms with E-state index in [2.05, 4.69) is 16.0 Å². The van der Waals surface area contributed by atoms with Gasteiger partial charge in [-0.05, 0) is 24.0 Å². The zero-order valence-electron chi connectivity index (χ0n) is 16.7. The third-order valence-corrected chi connectivity index (χ3v) is 4.80. The molecule has 0 radical (unpaired) electrons. The SMILES string of the molecule is CSCCC(NC(=O)CN)C(=O)NC(CO)C(=O)NC(Cc1ccccc1)C(=O)O. The normalized spacial score (nSPS) is 13.6. The van der Waals surface area contributed by atoms with Crippen LogP contribution in [0.4, 0.5) is 0 Å². The molecule has 3 unspecified atom stereocenters. The average molecular weight is 441 g/mol. The fourth-order valence-electron chi connectivity index (χ4n) is 2.55. The molecule has 3 atom stereocenters. The second kappa shape index (κ2) is 13.6. The van der Waals surface area contributed by atoms with Crippen LogP contribution in [0.2, 0.25) is 0 Å². The summed E-state index contributed by atoms with van der Waals surface area (Å²) >= 11 is 1.47. The van der Waals surface area contributed by atoms with Gasteiger partial charge in [-0.3, -0.25) is 14.4 Å². The summed E-state index contributed by atoms with van der Waals surface area (Å²) < 4.78 is 0. The predicted molar refractivity (Wildman–Crippen MR) is 113 cm³/mol. The molecule has 1 rings (SSSR count). The van der Waals surface area contributed by atoms with Gasteiger partial charge in [0.15, 0.2) is 0 Å². The van der Waals surface area contributed by atoms with Gasteiger partial charge in [-0.15, -0.1) is 0 Å². The van der Waals surface area contributed by atoms with Crippen LogP contribution in [0.1, 0.15) is 12.0 Å². The third kappa shape index (κ3) is 8.80. The molecule has 3 amide bonds. The lowest BCUT2D eigenvalue weighted by molar-refractivity contribution is -0.142. The Morgan fingerprint density at radius 1 is 1.00 bits per heavy atom. The number of aliphatic hydroxyl groups is 1. The van der Waals surface area contributed by atoms with Gasteiger partial charge in [-0.25, -0.2) is 4.79 Å². The van der Waals surface area contributed by atoms with Crippen LogP contribution in [0.3, 0.4) is 0 Å². The van der Waals surface area contributed by atoms with Gasteiger partial charge in [0.25, 0.3) is 0 Å². The highest BCUT2D eigenvalue weighted by Crippen LogP contribution is 2.05. The molecule has 1 aromatic rings. The van der Waals surface area contributed by atoms with Crippen molar-refractivity contribution in [2.45, 2.75) is 31.0 Å². The van der Waals surface area contributed by atoms with Crippen LogP contribution in [0.15, 0.2) is 30.3 Å². The van der Waals surface area contributed by atoms with Gasteiger partial charge in [0, 0.05) is 6.42 Å². The Morgan fingerprint density at radius 3 is 2.13 bits per heavy atom. The van der Waals surface area contributed by atoms with Crippen molar-refractivity contribution in [1.82, 2.24) is 16.0 Å². The molecule has 0 aromatic heterocycles. The van der Waals surface area contributed by atoms with Crippen molar-refractivity contribution in [1.29, 1.82) is 0 Å². The lowest BCUT2D eigenvalue weighted by atomic mass is 10.1. The number of hydrogen-bond acceptors (Lipinski definition) is 7. The topological polar surface area (TPSA) is 171 Å². The van der Waals surface area contributed by atoms with Crippen molar-refractivity contribution in [3.63, 3.8) is 0 Å². The van der Waals surface area contributed by atoms with Crippen molar-refractivity contribution in [3.05, 3.63) is 35.9 Å². The van der Waals surface area contributed by atoms with E-state index in [0.29, 0.717) is 17.7 Å². The number of hydrogen-bond donors (Lipinski definition) is 6. The van der Waals surface area contributed by atoms with E-state index in [1.807, 2.05) is 6.26 Å². The highest BCUT2D eigenvalue weighted by Gasteiger charge is 2.29. The van der Waals surface area contributed by atoms with Gasteiger partial charge < -0.3 is 31.9 Å². The summed E-state index contributed by atoms with van der Waals surface area (Å²) in [6.07, 6.45) is 2.17. The molecule has 0 heterocycles. The standard InChI is InChI=1S/C19H28N4O6S/c1-30-8-7-13(21-16(25)10-20)17(26)23-15(11-24)18(27)22-14(19(28)29)9-12-5-3-2-4-6-12/h2-6,13-15,24H,7-11,20H2,1H3,(H,21,25)(H,22,27)(H,23,26)(H,28,29). The summed E-state index contributed by atoms with van der Waals surface area (Å²) in [6.45, 7) is -1.04. The first-order valence-electron chi connectivity index (χ1n) is 9.29. The van der Waals surface area contributed by atoms with Crippen LogP contribution >= 0.6 is 11.8 Å². The zero-order chi connectivity index (χ0) is 22.5. The quantitative estimate of drug-likeness (QED) is 0.214. The summed E-state index contributed by atoms with van der Waals surface area (Å²) in [4.78, 5) is 48.1. The van der Waals surface area contributed by atoms with Crippen molar-refractivity contribution in [3.8, 4) is 0 Å². The molecule has 0 bridgehead atoms. The van der Waals surface area contributed by atoms with Crippen LogP contribution < -0.4 is 21.7 Å². The lowest BCUT2D eigenvalue weighted by Gasteiger charge is -2.23. The van der Waals surface area contributed by atoms with Crippen molar-refractivity contribution in [2.75, 3.05) is 25.2 Å². The summed E-state index contributed by atoms with van der Waals surface area (Å²) in [5.74, 6) is -2.73. The molecule has 0 aliphatic rings. The van der Waals surface area contributed by atoms with Gasteiger partial charge in [-0.2, -0.15) is 11.8 Å². The Balaban J connectivity index is 2.79. The van der Waals surface area contributed by atoms with E-state index in [9.17, 15) is 29.4 Å². The van der Waals surface area contributed by atoms with Crippen LogP contribution in [-0.4, -0.2) is 77.2 Å². The molecule has 166 valence electrons. The highest BCUT2D eigenvalue weighted by molar-refractivity contribution is 7.98. The molecule has 0 fully saturated rings. The van der Waals surface area contributed by atoms with Crippen molar-refractivity contribution >= 4 is 35.5 Å². The zero-order valence-corrected chi connectivity index (χ0v) is 17.5. The first kappa shape index (κ1) is 25.4. The summed E-state index contributed by atoms with van der Waals surface area (Å²) in [5, 5.41) is 26.1. The molecular formula is C19H28N4O6S. The Morgan fingerprint density at radius 2 is 1.60 bits per heavy atom. The molecule has 1 aromatic carbocycles. The minimum atomic E-state index is -1.37. The van der Waals surface area contributed by atoms with Gasteiger partial charge in [-0.1, -0.05) is 30.3 Å². The van der Waals surface area contributed by atoms with Crippen LogP contribution in [0, 0.1) is 0 Å². The largest absolute Gasteiger partial charge is 0.480 e. The molecule has 7 N–H and O–H groups in total. The van der Waals surface area contributed by atoms with E-state index < -0.39 is 48.4 Å². The summed E-state index contributed by atoms with van der Waals surface area (Å²) in [5.41, 5.74) is 5.97. The number of aliphatic hydroxyl groups excluding tert-OH is 1. The Kier molecular flexibility index (Phi) is 11.5. The first-order valence-corrected chi connectivity index (χ1v) is 10.7. The second-order valence-electron chi connectivity index (χ2n) is 6.44. The molecule has 30 heavy (non-hydrogen) atoms. The number of carboxylic acid groups (broad SMARTS) is 1. The Labute approximate surface area is 179 Å². The fourth-order valence-corrected chi connectivity index (χ4v) is 3.02. The summed E-state index contributed by atoms with van der Waals surface area (Å²) in [6, 6.07) is 5.18. The number of carboxylic acids is 1. The van der Waals surface area contributed by atoms with Gasteiger partial charge >= 0.3 is 5.97 Å². The highest BCUT2D eigenvalue weighted by atomic mass is 32.2. The van der Waals surface area contributed by atoms with Crippen molar-refractivity contribution in [2.24, 2.45) is 5.73 Å². The maximum Gasteiger partial charge on any atom is 0.326 e. The number of amides is 3. The number of benzene rings is 1. The molecule has 0 aliphatic heterocycles. The Hall–Kier alpha value is -2.63. The van der Waals surface area contributed by atoms with Gasteiger partial charge in [0.05, 0.1) is 13.2 Å². The second-order valence-corrected chi connectivity index (χ2v) is 7.42. The van der Waals surface area contributed by atoms with E-state index >= 15 is 0 Å². The molecule has 0 aliphatic carbocycles. The van der Waals surface area contributed by atoms with Crippen LogP contribution in [0.5, 0.6) is 0 Å². The minimum absolute atomic E-state index is 0.0386. The minimum Gasteiger partial charge on any atom is -0.480 e. The van der Waals surface area contributed by atoms with Gasteiger partial charge in [0.2, 0.25) is 17.7 Å². The molecule has 0 spiro atoms. The maximum absolute atomic E-state index is 12.5. The average Bonchev–Trinajstić information content (AvgIpc) is 2.74. The number of rotatable bonds is 13. The van der Waals surface area contributed by atoms with E-state index in [-0.39, 0.29) is 13.0 Å². The van der Waals surface area contributed by atoms with Gasteiger partial charge in [0.1, 0.15) is 18.1 Å². The fraction of sp³-hybridized carbons (Fsp3) is 0.474. The number of nitrogens with one attached hydrogen (secondary N) is 3. The molecule has 0 saturated carbocycles. The number of nitrogens with two attached hydrogens (primary N) is 1. The lowest BCUT2D eigenvalue weighted by Crippen LogP contribution is -2.57. The number of carbonyl (C=O) groups is 4. The molecule has 10 nitrogen and oxygen atoms in total. The van der Waals surface area contributed by atoms with Crippen LogP contribution in [-0.2, 0) is 25.6 Å². The van der Waals surface area contributed by atoms with Crippen molar-refractivity contribution < 1.29 is 29.4 Å². The van der Waals surface area contributed by atoms with E-state index in [0.717, 1.165) is 0 Å². The van der Waals surface area contributed by atoms with Crippen LogP contribution in [0.25, 0.3) is 0 Å². The van der Waals surface area contributed by atoms with E-state index in [1.54, 1.807) is 30.3 Å². The maximum atomic E-state index is 12.5. The third-order valence-electron chi connectivity index (χ3n) is 4.16. The molecule has 0 saturated heterocycles. The Bertz CT molecular complexity index is 718. The number of thioether (sulfide) groups is 1. The smallest absolute Gasteiger partial charge is 0.326 e. The number of carbonyl (C=O) groups excluding carboxylic acids is 3. The van der Waals surface area contributed by atoms with E-state index in [4.69, 9.17) is 5.73 Å². The van der Waals surface area contributed by atoms with E-state index in [1.165, 1.54) is 11.8 Å². The molecule has 11 heteroatoms. The predicted octanol–water partition coefficient (Wildman–Crippen LogP) is -1.53. The molecular weight excluding hydrogens is 412 g/mol. The monoisotopic (exact) mass is 440 g/mol.